The van der Waals surface area contributed by atoms with E-state index in [9.17, 15) is 9.59 Å². The van der Waals surface area contributed by atoms with Crippen LogP contribution in [0.3, 0.4) is 0 Å². The van der Waals surface area contributed by atoms with Crippen LogP contribution in [0, 0.1) is 0 Å². The van der Waals surface area contributed by atoms with Crippen LogP contribution in [0.2, 0.25) is 0 Å². The summed E-state index contributed by atoms with van der Waals surface area (Å²) in [6, 6.07) is 16.8. The lowest BCUT2D eigenvalue weighted by molar-refractivity contribution is -0.124. The molecular weight excluding hydrogens is 424 g/mol. The molecule has 6 heteroatoms. The predicted octanol–water partition coefficient (Wildman–Crippen LogP) is 4.06. The number of amides is 2. The third-order valence-electron chi connectivity index (χ3n) is 4.80. The second-order valence-corrected chi connectivity index (χ2v) is 9.18. The molecule has 0 saturated carbocycles. The van der Waals surface area contributed by atoms with Crippen molar-refractivity contribution in [2.75, 3.05) is 18.2 Å². The Kier molecular flexibility index (Phi) is 6.27. The van der Waals surface area contributed by atoms with Gasteiger partial charge in [0.1, 0.15) is 6.04 Å². The second kappa shape index (κ2) is 8.48. The summed E-state index contributed by atoms with van der Waals surface area (Å²) in [6.07, 6.45) is 0. The van der Waals surface area contributed by atoms with Crippen molar-refractivity contribution in [2.24, 2.45) is 0 Å². The maximum Gasteiger partial charge on any atom is 0.255 e. The van der Waals surface area contributed by atoms with Crippen LogP contribution >= 0.6 is 27.7 Å². The lowest BCUT2D eigenvalue weighted by Gasteiger charge is -2.28. The first-order valence-corrected chi connectivity index (χ1v) is 10.8. The molecule has 2 aromatic rings. The fraction of sp³-hybridized carbons (Fsp3) is 0.333. The predicted molar refractivity (Wildman–Crippen MR) is 114 cm³/mol. The van der Waals surface area contributed by atoms with Crippen LogP contribution in [0.4, 0.5) is 0 Å². The lowest BCUT2D eigenvalue weighted by Crippen LogP contribution is -2.49. The SMILES string of the molecule is CC(C)(CNC(=O)[C@@H]1CSCN1C(=O)c1ccccc1)c1ccc(Br)cc1. The maximum absolute atomic E-state index is 12.8. The zero-order valence-electron chi connectivity index (χ0n) is 15.4. The van der Waals surface area contributed by atoms with Gasteiger partial charge in [0.15, 0.2) is 0 Å². The Bertz CT molecular complexity index is 809. The molecule has 4 nitrogen and oxygen atoms in total. The highest BCUT2D eigenvalue weighted by atomic mass is 79.9. The fourth-order valence-corrected chi connectivity index (χ4v) is 4.45. The summed E-state index contributed by atoms with van der Waals surface area (Å²) in [5.74, 6) is 0.993. The fourth-order valence-electron chi connectivity index (χ4n) is 3.04. The summed E-state index contributed by atoms with van der Waals surface area (Å²) in [5, 5.41) is 3.06. The molecule has 1 fully saturated rings. The molecule has 0 unspecified atom stereocenters. The van der Waals surface area contributed by atoms with Crippen molar-refractivity contribution >= 4 is 39.5 Å². The Balaban J connectivity index is 1.64. The van der Waals surface area contributed by atoms with Gasteiger partial charge in [0.2, 0.25) is 5.91 Å². The zero-order chi connectivity index (χ0) is 19.4. The topological polar surface area (TPSA) is 49.4 Å². The molecule has 1 atom stereocenters. The molecule has 1 saturated heterocycles. The molecule has 142 valence electrons. The van der Waals surface area contributed by atoms with E-state index in [0.29, 0.717) is 23.7 Å². The molecule has 0 spiro atoms. The van der Waals surface area contributed by atoms with Gasteiger partial charge in [-0.1, -0.05) is 60.1 Å². The van der Waals surface area contributed by atoms with Crippen molar-refractivity contribution < 1.29 is 9.59 Å². The van der Waals surface area contributed by atoms with Gasteiger partial charge in [-0.15, -0.1) is 11.8 Å². The zero-order valence-corrected chi connectivity index (χ0v) is 17.8. The molecule has 0 bridgehead atoms. The molecule has 1 N–H and O–H groups in total. The molecule has 1 aliphatic rings. The first-order chi connectivity index (χ1) is 12.9. The van der Waals surface area contributed by atoms with Crippen LogP contribution < -0.4 is 5.32 Å². The molecule has 27 heavy (non-hydrogen) atoms. The molecule has 1 aliphatic heterocycles. The first kappa shape index (κ1) is 20.0. The van der Waals surface area contributed by atoms with Crippen LogP contribution in [0.1, 0.15) is 29.8 Å². The molecule has 2 aromatic carbocycles. The van der Waals surface area contributed by atoms with Crippen LogP contribution in [-0.4, -0.2) is 40.9 Å². The van der Waals surface area contributed by atoms with E-state index in [4.69, 9.17) is 0 Å². The maximum atomic E-state index is 12.8. The standard InChI is InChI=1S/C21H23BrN2O2S/c1-21(2,16-8-10-17(22)11-9-16)13-23-19(25)18-12-27-14-24(18)20(26)15-6-4-3-5-7-15/h3-11,18H,12-14H2,1-2H3,(H,23,25)/t18-/m0/s1. The van der Waals surface area contributed by atoms with Crippen molar-refractivity contribution in [2.45, 2.75) is 25.3 Å². The number of nitrogens with zero attached hydrogens (tertiary/aromatic N) is 1. The minimum absolute atomic E-state index is 0.0885. The molecule has 0 radical (unpaired) electrons. The number of carbonyl (C=O) groups is 2. The number of benzene rings is 2. The smallest absolute Gasteiger partial charge is 0.255 e. The van der Waals surface area contributed by atoms with Gasteiger partial charge < -0.3 is 10.2 Å². The van der Waals surface area contributed by atoms with E-state index in [-0.39, 0.29) is 17.2 Å². The number of rotatable bonds is 5. The first-order valence-electron chi connectivity index (χ1n) is 8.86. The summed E-state index contributed by atoms with van der Waals surface area (Å²) in [7, 11) is 0. The monoisotopic (exact) mass is 446 g/mol. The molecule has 2 amide bonds. The van der Waals surface area contributed by atoms with Gasteiger partial charge in [0, 0.05) is 27.7 Å². The minimum atomic E-state index is -0.427. The van der Waals surface area contributed by atoms with Crippen LogP contribution in [0.5, 0.6) is 0 Å². The third kappa shape index (κ3) is 4.74. The van der Waals surface area contributed by atoms with Crippen molar-refractivity contribution in [3.05, 3.63) is 70.2 Å². The highest BCUT2D eigenvalue weighted by Gasteiger charge is 2.35. The van der Waals surface area contributed by atoms with Crippen LogP contribution in [0.15, 0.2) is 59.1 Å². The van der Waals surface area contributed by atoms with Gasteiger partial charge in [0.05, 0.1) is 5.88 Å². The summed E-state index contributed by atoms with van der Waals surface area (Å²) in [6.45, 7) is 4.72. The van der Waals surface area contributed by atoms with Crippen molar-refractivity contribution in [1.29, 1.82) is 0 Å². The number of hydrogen-bond acceptors (Lipinski definition) is 3. The Labute approximate surface area is 172 Å². The van der Waals surface area contributed by atoms with Crippen molar-refractivity contribution in [3.8, 4) is 0 Å². The molecular formula is C21H23BrN2O2S. The number of hydrogen-bond donors (Lipinski definition) is 1. The third-order valence-corrected chi connectivity index (χ3v) is 6.34. The number of carbonyl (C=O) groups excluding carboxylic acids is 2. The Morgan fingerprint density at radius 3 is 2.48 bits per heavy atom. The van der Waals surface area contributed by atoms with E-state index in [0.717, 1.165) is 10.0 Å². The number of thioether (sulfide) groups is 1. The van der Waals surface area contributed by atoms with E-state index in [2.05, 4.69) is 47.2 Å². The van der Waals surface area contributed by atoms with Crippen LogP contribution in [-0.2, 0) is 10.2 Å². The van der Waals surface area contributed by atoms with Gasteiger partial charge in [-0.2, -0.15) is 0 Å². The molecule has 0 aromatic heterocycles. The van der Waals surface area contributed by atoms with Gasteiger partial charge in [-0.05, 0) is 29.8 Å². The van der Waals surface area contributed by atoms with Crippen LogP contribution in [0.25, 0.3) is 0 Å². The summed E-state index contributed by atoms with van der Waals surface area (Å²) >= 11 is 5.06. The second-order valence-electron chi connectivity index (χ2n) is 7.27. The van der Waals surface area contributed by atoms with Crippen molar-refractivity contribution in [3.63, 3.8) is 0 Å². The average molecular weight is 447 g/mol. The Morgan fingerprint density at radius 2 is 1.81 bits per heavy atom. The van der Waals surface area contributed by atoms with E-state index >= 15 is 0 Å². The molecule has 1 heterocycles. The van der Waals surface area contributed by atoms with E-state index in [1.807, 2.05) is 30.3 Å². The van der Waals surface area contributed by atoms with Gasteiger partial charge in [-0.25, -0.2) is 0 Å². The summed E-state index contributed by atoms with van der Waals surface area (Å²) < 4.78 is 1.03. The summed E-state index contributed by atoms with van der Waals surface area (Å²) in [4.78, 5) is 27.2. The average Bonchev–Trinajstić information content (AvgIpc) is 3.16. The highest BCUT2D eigenvalue weighted by molar-refractivity contribution is 9.10. The van der Waals surface area contributed by atoms with E-state index in [1.54, 1.807) is 28.8 Å². The number of nitrogens with one attached hydrogen (secondary N) is 1. The quantitative estimate of drug-likeness (QED) is 0.752. The van der Waals surface area contributed by atoms with Gasteiger partial charge in [-0.3, -0.25) is 9.59 Å². The Morgan fingerprint density at radius 1 is 1.15 bits per heavy atom. The summed E-state index contributed by atoms with van der Waals surface area (Å²) in [5.41, 5.74) is 1.58. The molecule has 0 aliphatic carbocycles. The van der Waals surface area contributed by atoms with Gasteiger partial charge in [0.25, 0.3) is 5.91 Å². The van der Waals surface area contributed by atoms with E-state index < -0.39 is 6.04 Å². The minimum Gasteiger partial charge on any atom is -0.353 e. The number of halogens is 1. The lowest BCUT2D eigenvalue weighted by atomic mass is 9.84. The highest BCUT2D eigenvalue weighted by Crippen LogP contribution is 2.26. The molecule has 3 rings (SSSR count). The van der Waals surface area contributed by atoms with Crippen molar-refractivity contribution in [1.82, 2.24) is 10.2 Å². The van der Waals surface area contributed by atoms with Gasteiger partial charge >= 0.3 is 0 Å². The van der Waals surface area contributed by atoms with E-state index in [1.165, 1.54) is 0 Å². The largest absolute Gasteiger partial charge is 0.353 e. The Hall–Kier alpha value is -1.79. The normalized spacial score (nSPS) is 17.0.